The Kier molecular flexibility index (Phi) is 2.81. The molecule has 0 amide bonds. The topological polar surface area (TPSA) is 81.5 Å². The summed E-state index contributed by atoms with van der Waals surface area (Å²) < 4.78 is 14.4. The minimum Gasteiger partial charge on any atom is -0.495 e. The highest BCUT2D eigenvalue weighted by molar-refractivity contribution is 6.37. The maximum absolute atomic E-state index is 11.6. The van der Waals surface area contributed by atoms with Gasteiger partial charge in [-0.15, -0.1) is 0 Å². The molecule has 0 unspecified atom stereocenters. The summed E-state index contributed by atoms with van der Waals surface area (Å²) in [6.45, 7) is 0. The molecule has 17 heavy (non-hydrogen) atoms. The van der Waals surface area contributed by atoms with E-state index in [4.69, 9.17) is 21.1 Å². The summed E-state index contributed by atoms with van der Waals surface area (Å²) in [6, 6.07) is 1.47. The van der Waals surface area contributed by atoms with Gasteiger partial charge < -0.3 is 13.9 Å². The Bertz CT molecular complexity index is 687. The predicted molar refractivity (Wildman–Crippen MR) is 61.2 cm³/mol. The summed E-state index contributed by atoms with van der Waals surface area (Å²) in [4.78, 5) is 25.0. The number of benzene rings is 1. The Morgan fingerprint density at radius 3 is 2.47 bits per heavy atom. The average Bonchev–Trinajstić information content (AvgIpc) is 2.28. The van der Waals surface area contributed by atoms with Crippen LogP contribution in [0.3, 0.4) is 0 Å². The zero-order chi connectivity index (χ0) is 12.6. The first-order chi connectivity index (χ1) is 8.08. The minimum absolute atomic E-state index is 0.0162. The number of ether oxygens (including phenoxy) is 2. The summed E-state index contributed by atoms with van der Waals surface area (Å²) in [5, 5.41) is 0.0794. The predicted octanol–water partition coefficient (Wildman–Crippen LogP) is 1.15. The number of halogens is 1. The number of aromatic amines is 1. The third-order valence-corrected chi connectivity index (χ3v) is 2.63. The number of fused-ring (bicyclic) bond motifs is 1. The van der Waals surface area contributed by atoms with E-state index >= 15 is 0 Å². The van der Waals surface area contributed by atoms with Gasteiger partial charge in [0.25, 0.3) is 0 Å². The van der Waals surface area contributed by atoms with Crippen LogP contribution in [0.25, 0.3) is 10.9 Å². The molecule has 6 nitrogen and oxygen atoms in total. The first-order valence-electron chi connectivity index (χ1n) is 4.56. The second-order valence-electron chi connectivity index (χ2n) is 3.15. The third kappa shape index (κ3) is 1.76. The Labute approximate surface area is 99.7 Å². The molecule has 2 rings (SSSR count). The van der Waals surface area contributed by atoms with Crippen molar-refractivity contribution in [2.75, 3.05) is 14.2 Å². The summed E-state index contributed by atoms with van der Waals surface area (Å²) in [6.07, 6.45) is 0. The molecule has 1 aromatic heterocycles. The fraction of sp³-hybridized carbons (Fsp3) is 0.200. The van der Waals surface area contributed by atoms with Crippen LogP contribution in [0.2, 0.25) is 5.02 Å². The van der Waals surface area contributed by atoms with E-state index in [0.29, 0.717) is 0 Å². The summed E-state index contributed by atoms with van der Waals surface area (Å²) in [5.74, 6) is -0.344. The molecular formula is C10H8ClNO5. The lowest BCUT2D eigenvalue weighted by Gasteiger charge is -2.09. The molecular weight excluding hydrogens is 250 g/mol. The monoisotopic (exact) mass is 257 g/mol. The fourth-order valence-electron chi connectivity index (χ4n) is 1.50. The van der Waals surface area contributed by atoms with Crippen LogP contribution in [0.5, 0.6) is 11.5 Å². The Morgan fingerprint density at radius 1 is 1.24 bits per heavy atom. The summed E-state index contributed by atoms with van der Waals surface area (Å²) in [5.41, 5.74) is -0.662. The van der Waals surface area contributed by atoms with Gasteiger partial charge in [0.05, 0.1) is 19.2 Å². The van der Waals surface area contributed by atoms with Crippen molar-refractivity contribution in [1.29, 1.82) is 0 Å². The molecule has 0 radical (unpaired) electrons. The number of H-pyrrole nitrogens is 1. The quantitative estimate of drug-likeness (QED) is 0.873. The van der Waals surface area contributed by atoms with Gasteiger partial charge in [0, 0.05) is 6.07 Å². The van der Waals surface area contributed by atoms with Crippen LogP contribution < -0.4 is 20.9 Å². The van der Waals surface area contributed by atoms with E-state index in [0.717, 1.165) is 0 Å². The lowest BCUT2D eigenvalue weighted by atomic mass is 10.2. The van der Waals surface area contributed by atoms with Crippen molar-refractivity contribution in [2.45, 2.75) is 0 Å². The minimum atomic E-state index is -0.873. The molecule has 0 saturated heterocycles. The second kappa shape index (κ2) is 4.14. The number of rotatable bonds is 2. The number of nitrogens with one attached hydrogen (secondary N) is 1. The molecule has 0 aliphatic heterocycles. The van der Waals surface area contributed by atoms with Gasteiger partial charge in [0.1, 0.15) is 22.4 Å². The standard InChI is InChI=1S/C10H8ClNO5/c1-15-4-3-5(16-2)8-6(7(4)11)9(13)17-10(14)12-8/h3H,1-2H3,(H,12,14). The van der Waals surface area contributed by atoms with Crippen LogP contribution in [0.1, 0.15) is 0 Å². The van der Waals surface area contributed by atoms with Crippen molar-refractivity contribution in [3.05, 3.63) is 32.1 Å². The number of hydrogen-bond donors (Lipinski definition) is 1. The van der Waals surface area contributed by atoms with Crippen molar-refractivity contribution in [3.8, 4) is 11.5 Å². The number of methoxy groups -OCH3 is 2. The maximum atomic E-state index is 11.6. The average molecular weight is 258 g/mol. The van der Waals surface area contributed by atoms with Crippen molar-refractivity contribution >= 4 is 22.5 Å². The van der Waals surface area contributed by atoms with Crippen molar-refractivity contribution in [1.82, 2.24) is 4.98 Å². The third-order valence-electron chi connectivity index (χ3n) is 2.25. The lowest BCUT2D eigenvalue weighted by Crippen LogP contribution is -2.15. The molecule has 0 fully saturated rings. The number of hydrogen-bond acceptors (Lipinski definition) is 5. The van der Waals surface area contributed by atoms with Crippen molar-refractivity contribution in [2.24, 2.45) is 0 Å². The highest BCUT2D eigenvalue weighted by atomic mass is 35.5. The molecule has 0 bridgehead atoms. The van der Waals surface area contributed by atoms with Crippen LogP contribution in [0.15, 0.2) is 20.1 Å². The van der Waals surface area contributed by atoms with Gasteiger partial charge >= 0.3 is 11.4 Å². The highest BCUT2D eigenvalue weighted by Crippen LogP contribution is 2.35. The van der Waals surface area contributed by atoms with Crippen LogP contribution >= 0.6 is 11.6 Å². The van der Waals surface area contributed by atoms with Crippen LogP contribution in [0.4, 0.5) is 0 Å². The van der Waals surface area contributed by atoms with E-state index in [1.165, 1.54) is 20.3 Å². The molecule has 1 heterocycles. The molecule has 1 aromatic carbocycles. The van der Waals surface area contributed by atoms with Gasteiger partial charge in [-0.1, -0.05) is 11.6 Å². The zero-order valence-corrected chi connectivity index (χ0v) is 9.75. The van der Waals surface area contributed by atoms with E-state index < -0.39 is 11.4 Å². The molecule has 7 heteroatoms. The van der Waals surface area contributed by atoms with Gasteiger partial charge in [0.15, 0.2) is 0 Å². The normalized spacial score (nSPS) is 10.5. The molecule has 1 N–H and O–H groups in total. The van der Waals surface area contributed by atoms with Gasteiger partial charge in [0.2, 0.25) is 0 Å². The van der Waals surface area contributed by atoms with E-state index in [2.05, 4.69) is 9.40 Å². The van der Waals surface area contributed by atoms with E-state index in [1.807, 2.05) is 0 Å². The molecule has 0 saturated carbocycles. The SMILES string of the molecule is COc1cc(OC)c2[nH]c(=O)oc(=O)c2c1Cl. The zero-order valence-electron chi connectivity index (χ0n) is 9.00. The first-order valence-corrected chi connectivity index (χ1v) is 4.94. The Morgan fingerprint density at radius 2 is 1.88 bits per heavy atom. The van der Waals surface area contributed by atoms with Gasteiger partial charge in [-0.2, -0.15) is 0 Å². The molecule has 0 spiro atoms. The van der Waals surface area contributed by atoms with Crippen molar-refractivity contribution < 1.29 is 13.9 Å². The number of aromatic nitrogens is 1. The maximum Gasteiger partial charge on any atom is 0.419 e. The van der Waals surface area contributed by atoms with Gasteiger partial charge in [-0.05, 0) is 0 Å². The van der Waals surface area contributed by atoms with E-state index in [9.17, 15) is 9.59 Å². The second-order valence-corrected chi connectivity index (χ2v) is 3.53. The van der Waals surface area contributed by atoms with E-state index in [-0.39, 0.29) is 27.4 Å². The molecule has 90 valence electrons. The van der Waals surface area contributed by atoms with Gasteiger partial charge in [-0.3, -0.25) is 4.98 Å². The van der Waals surface area contributed by atoms with Crippen LogP contribution in [-0.4, -0.2) is 19.2 Å². The molecule has 2 aromatic rings. The Hall–Kier alpha value is -1.95. The molecule has 0 aliphatic carbocycles. The molecule has 0 aliphatic rings. The lowest BCUT2D eigenvalue weighted by molar-refractivity contribution is 0.395. The fourth-order valence-corrected chi connectivity index (χ4v) is 1.80. The Balaban J connectivity index is 3.05. The highest BCUT2D eigenvalue weighted by Gasteiger charge is 2.16. The van der Waals surface area contributed by atoms with Crippen LogP contribution in [0, 0.1) is 0 Å². The van der Waals surface area contributed by atoms with Crippen LogP contribution in [-0.2, 0) is 0 Å². The van der Waals surface area contributed by atoms with Gasteiger partial charge in [-0.25, -0.2) is 9.59 Å². The summed E-state index contributed by atoms with van der Waals surface area (Å²) in [7, 11) is 2.80. The van der Waals surface area contributed by atoms with Crippen molar-refractivity contribution in [3.63, 3.8) is 0 Å². The summed E-state index contributed by atoms with van der Waals surface area (Å²) >= 11 is 5.97. The first kappa shape index (κ1) is 11.5. The van der Waals surface area contributed by atoms with E-state index in [1.54, 1.807) is 0 Å². The molecule has 0 atom stereocenters. The largest absolute Gasteiger partial charge is 0.495 e. The smallest absolute Gasteiger partial charge is 0.419 e.